The summed E-state index contributed by atoms with van der Waals surface area (Å²) in [5.41, 5.74) is -1.91. The van der Waals surface area contributed by atoms with Gasteiger partial charge in [-0.05, 0) is 77.9 Å². The number of fused-ring (bicyclic) bond motifs is 2. The first-order valence-electron chi connectivity index (χ1n) is 10.2. The van der Waals surface area contributed by atoms with E-state index in [1.54, 1.807) is 4.31 Å². The number of hydrogen-bond donors (Lipinski definition) is 0. The summed E-state index contributed by atoms with van der Waals surface area (Å²) in [6, 6.07) is 2.29. The fraction of sp³-hybridized carbons (Fsp3) is 0.950. The minimum absolute atomic E-state index is 0.00208. The van der Waals surface area contributed by atoms with E-state index in [9.17, 15) is 13.7 Å². The maximum Gasteiger partial charge on any atom is 0.215 e. The summed E-state index contributed by atoms with van der Waals surface area (Å²) >= 11 is 0. The molecule has 2 saturated carbocycles. The molecule has 2 aliphatic rings. The monoisotopic (exact) mass is 414 g/mol. The first-order chi connectivity index (χ1) is 12.1. The van der Waals surface area contributed by atoms with E-state index in [4.69, 9.17) is 4.43 Å². The summed E-state index contributed by atoms with van der Waals surface area (Å²) in [4.78, 5) is 0. The Morgan fingerprint density at radius 3 is 2.07 bits per heavy atom. The van der Waals surface area contributed by atoms with E-state index in [1.165, 1.54) is 0 Å². The van der Waals surface area contributed by atoms with Crippen LogP contribution in [0.4, 0.5) is 0 Å². The van der Waals surface area contributed by atoms with Crippen LogP contribution >= 0.6 is 0 Å². The molecule has 0 aromatic heterocycles. The lowest BCUT2D eigenvalue weighted by molar-refractivity contribution is -0.0289. The second-order valence-corrected chi connectivity index (χ2v) is 17.0. The number of rotatable bonds is 7. The van der Waals surface area contributed by atoms with Gasteiger partial charge in [-0.2, -0.15) is 9.57 Å². The van der Waals surface area contributed by atoms with Crippen molar-refractivity contribution in [2.75, 3.05) is 5.75 Å². The van der Waals surface area contributed by atoms with Crippen molar-refractivity contribution in [3.05, 3.63) is 0 Å². The average molecular weight is 415 g/mol. The average Bonchev–Trinajstić information content (AvgIpc) is 2.76. The molecule has 0 spiro atoms. The Balaban J connectivity index is 2.60. The van der Waals surface area contributed by atoms with E-state index in [1.807, 2.05) is 27.7 Å². The maximum absolute atomic E-state index is 13.6. The molecule has 2 rings (SSSR count). The molecule has 0 heterocycles. The molecule has 0 aliphatic heterocycles. The van der Waals surface area contributed by atoms with Gasteiger partial charge in [0.05, 0.1) is 11.8 Å². The van der Waals surface area contributed by atoms with E-state index in [2.05, 4.69) is 39.6 Å². The quantitative estimate of drug-likeness (QED) is 0.580. The Morgan fingerprint density at radius 2 is 1.70 bits per heavy atom. The molecule has 0 radical (unpaired) electrons. The second kappa shape index (κ2) is 6.83. The van der Waals surface area contributed by atoms with E-state index < -0.39 is 29.4 Å². The van der Waals surface area contributed by atoms with Crippen molar-refractivity contribution >= 4 is 18.3 Å². The largest absolute Gasteiger partial charge is 0.399 e. The molecular formula is C20H38N2O3SSi. The normalized spacial score (nSPS) is 33.2. The van der Waals surface area contributed by atoms with Gasteiger partial charge in [-0.1, -0.05) is 13.8 Å². The SMILES string of the molecule is CC(C)N(C(C)C)S(=O)(=O)CC12CCC(CC1(C#N)O[Si](C)(C)C)C2(C)C. The van der Waals surface area contributed by atoms with Crippen molar-refractivity contribution in [3.8, 4) is 6.07 Å². The zero-order chi connectivity index (χ0) is 21.1. The number of hydrogen-bond acceptors (Lipinski definition) is 4. The molecule has 0 amide bonds. The molecule has 0 aromatic carbocycles. The van der Waals surface area contributed by atoms with Crippen molar-refractivity contribution in [1.82, 2.24) is 4.31 Å². The van der Waals surface area contributed by atoms with Crippen LogP contribution in [0.3, 0.4) is 0 Å². The van der Waals surface area contributed by atoms with Crippen molar-refractivity contribution in [2.24, 2.45) is 16.7 Å². The Kier molecular flexibility index (Phi) is 5.78. The van der Waals surface area contributed by atoms with Gasteiger partial charge in [0.25, 0.3) is 0 Å². The minimum Gasteiger partial charge on any atom is -0.399 e. The van der Waals surface area contributed by atoms with Crippen LogP contribution in [0, 0.1) is 28.1 Å². The van der Waals surface area contributed by atoms with Gasteiger partial charge in [-0.25, -0.2) is 8.42 Å². The molecule has 156 valence electrons. The number of nitrogens with zero attached hydrogens (tertiary/aromatic N) is 2. The highest BCUT2D eigenvalue weighted by molar-refractivity contribution is 7.89. The predicted molar refractivity (Wildman–Crippen MR) is 112 cm³/mol. The molecule has 0 aromatic rings. The third-order valence-corrected chi connectivity index (χ3v) is 10.2. The Labute approximate surface area is 167 Å². The smallest absolute Gasteiger partial charge is 0.215 e. The molecule has 3 unspecified atom stereocenters. The van der Waals surface area contributed by atoms with E-state index in [0.717, 1.165) is 12.8 Å². The van der Waals surface area contributed by atoms with Gasteiger partial charge in [0.1, 0.15) is 0 Å². The minimum atomic E-state index is -3.54. The van der Waals surface area contributed by atoms with E-state index >= 15 is 0 Å². The van der Waals surface area contributed by atoms with Crippen LogP contribution in [-0.2, 0) is 14.4 Å². The lowest BCUT2D eigenvalue weighted by atomic mass is 9.64. The molecule has 3 atom stereocenters. The third kappa shape index (κ3) is 3.52. The molecule has 27 heavy (non-hydrogen) atoms. The first-order valence-corrected chi connectivity index (χ1v) is 15.2. The predicted octanol–water partition coefficient (Wildman–Crippen LogP) is 4.38. The molecule has 7 heteroatoms. The number of sulfonamides is 1. The van der Waals surface area contributed by atoms with Crippen LogP contribution < -0.4 is 0 Å². The topological polar surface area (TPSA) is 70.4 Å². The van der Waals surface area contributed by atoms with Gasteiger partial charge in [-0.3, -0.25) is 0 Å². The van der Waals surface area contributed by atoms with Gasteiger partial charge in [-0.15, -0.1) is 0 Å². The van der Waals surface area contributed by atoms with Crippen molar-refractivity contribution in [2.45, 2.75) is 98.1 Å². The summed E-state index contributed by atoms with van der Waals surface area (Å²) < 4.78 is 35.3. The summed E-state index contributed by atoms with van der Waals surface area (Å²) in [6.45, 7) is 18.2. The summed E-state index contributed by atoms with van der Waals surface area (Å²) in [5.74, 6) is 0.327. The Bertz CT molecular complexity index is 712. The lowest BCUT2D eigenvalue weighted by Crippen LogP contribution is -2.59. The fourth-order valence-electron chi connectivity index (χ4n) is 5.95. The summed E-state index contributed by atoms with van der Waals surface area (Å²) in [6.07, 6.45) is 2.37. The number of nitriles is 1. The van der Waals surface area contributed by atoms with Crippen LogP contribution in [0.2, 0.25) is 19.6 Å². The van der Waals surface area contributed by atoms with Crippen LogP contribution in [0.15, 0.2) is 0 Å². The molecule has 2 bridgehead atoms. The molecule has 5 nitrogen and oxygen atoms in total. The Morgan fingerprint density at radius 1 is 1.19 bits per heavy atom. The molecular weight excluding hydrogens is 376 g/mol. The van der Waals surface area contributed by atoms with Crippen molar-refractivity contribution in [3.63, 3.8) is 0 Å². The summed E-state index contributed by atoms with van der Waals surface area (Å²) in [7, 11) is -5.58. The van der Waals surface area contributed by atoms with Gasteiger partial charge in [0, 0.05) is 17.5 Å². The van der Waals surface area contributed by atoms with Crippen molar-refractivity contribution in [1.29, 1.82) is 5.26 Å². The van der Waals surface area contributed by atoms with Crippen LogP contribution in [0.25, 0.3) is 0 Å². The molecule has 0 N–H and O–H groups in total. The lowest BCUT2D eigenvalue weighted by Gasteiger charge is -2.49. The fourth-order valence-corrected chi connectivity index (χ4v) is 10.1. The van der Waals surface area contributed by atoms with Gasteiger partial charge < -0.3 is 4.43 Å². The van der Waals surface area contributed by atoms with Crippen molar-refractivity contribution < 1.29 is 12.8 Å². The van der Waals surface area contributed by atoms with Crippen LogP contribution in [-0.4, -0.2) is 44.5 Å². The maximum atomic E-state index is 13.6. The molecule has 2 fully saturated rings. The van der Waals surface area contributed by atoms with Gasteiger partial charge >= 0.3 is 0 Å². The zero-order valence-corrected chi connectivity index (χ0v) is 20.4. The standard InChI is InChI=1S/C20H38N2O3SSi/c1-15(2)22(16(3)4)26(23,24)14-19-11-10-17(18(19,5)6)12-20(19,13-21)25-27(7,8)9/h15-17H,10-12,14H2,1-9H3. The van der Waals surface area contributed by atoms with E-state index in [0.29, 0.717) is 12.3 Å². The highest BCUT2D eigenvalue weighted by atomic mass is 32.2. The molecule has 2 aliphatic carbocycles. The zero-order valence-electron chi connectivity index (χ0n) is 18.6. The van der Waals surface area contributed by atoms with E-state index in [-0.39, 0.29) is 23.3 Å². The van der Waals surface area contributed by atoms with Crippen LogP contribution in [0.1, 0.15) is 60.8 Å². The second-order valence-electron chi connectivity index (χ2n) is 10.7. The summed E-state index contributed by atoms with van der Waals surface area (Å²) in [5, 5.41) is 10.3. The van der Waals surface area contributed by atoms with Gasteiger partial charge in [0.15, 0.2) is 13.9 Å². The Hall–Kier alpha value is -0.423. The first kappa shape index (κ1) is 22.9. The highest BCUT2D eigenvalue weighted by Crippen LogP contribution is 2.71. The third-order valence-electron chi connectivity index (χ3n) is 6.91. The van der Waals surface area contributed by atoms with Crippen LogP contribution in [0.5, 0.6) is 0 Å². The van der Waals surface area contributed by atoms with Gasteiger partial charge in [0.2, 0.25) is 10.0 Å². The highest BCUT2D eigenvalue weighted by Gasteiger charge is 2.74. The molecule has 0 saturated heterocycles.